The summed E-state index contributed by atoms with van der Waals surface area (Å²) >= 11 is 0. The minimum absolute atomic E-state index is 0.140. The van der Waals surface area contributed by atoms with E-state index >= 15 is 0 Å². The van der Waals surface area contributed by atoms with Crippen molar-refractivity contribution in [2.24, 2.45) is 5.92 Å². The molecule has 4 nitrogen and oxygen atoms in total. The van der Waals surface area contributed by atoms with Crippen LogP contribution in [0.4, 0.5) is 0 Å². The summed E-state index contributed by atoms with van der Waals surface area (Å²) in [6, 6.07) is 3.99. The van der Waals surface area contributed by atoms with Crippen LogP contribution in [0.25, 0.3) is 16.6 Å². The van der Waals surface area contributed by atoms with Gasteiger partial charge < -0.3 is 9.72 Å². The van der Waals surface area contributed by atoms with Gasteiger partial charge in [-0.1, -0.05) is 19.9 Å². The van der Waals surface area contributed by atoms with Crippen LogP contribution in [-0.2, 0) is 0 Å². The molecule has 0 saturated heterocycles. The van der Waals surface area contributed by atoms with Crippen molar-refractivity contribution in [3.63, 3.8) is 0 Å². The molecule has 1 aliphatic rings. The van der Waals surface area contributed by atoms with Crippen LogP contribution in [0.3, 0.4) is 0 Å². The average molecular weight is 313 g/mol. The van der Waals surface area contributed by atoms with E-state index in [2.05, 4.69) is 42.1 Å². The maximum Gasteiger partial charge on any atom is 0.214 e. The minimum atomic E-state index is 0.140. The minimum Gasteiger partial charge on any atom is -0.475 e. The fourth-order valence-electron chi connectivity index (χ4n) is 3.17. The molecule has 0 aromatic carbocycles. The number of hydrogen-bond donors (Lipinski definition) is 1. The summed E-state index contributed by atoms with van der Waals surface area (Å²) in [7, 11) is 0. The number of hydrogen-bond acceptors (Lipinski definition) is 3. The summed E-state index contributed by atoms with van der Waals surface area (Å²) in [5, 5.41) is 0. The van der Waals surface area contributed by atoms with Gasteiger partial charge in [0.1, 0.15) is 0 Å². The number of fused-ring (bicyclic) bond motifs is 1. The van der Waals surface area contributed by atoms with Crippen LogP contribution in [0.1, 0.15) is 39.7 Å². The maximum absolute atomic E-state index is 5.74. The van der Waals surface area contributed by atoms with Gasteiger partial charge in [0, 0.05) is 37.5 Å². The molecular formula is C19H27N3O. The zero-order valence-electron chi connectivity index (χ0n) is 14.6. The Labute approximate surface area is 138 Å². The Morgan fingerprint density at radius 3 is 2.74 bits per heavy atom. The first-order valence-electron chi connectivity index (χ1n) is 8.59. The van der Waals surface area contributed by atoms with E-state index in [0.29, 0.717) is 5.88 Å². The highest BCUT2D eigenvalue weighted by Gasteiger charge is 2.17. The molecule has 0 fully saturated rings. The van der Waals surface area contributed by atoms with Crippen molar-refractivity contribution in [1.29, 1.82) is 0 Å². The van der Waals surface area contributed by atoms with Crippen molar-refractivity contribution in [2.45, 2.75) is 40.2 Å². The third-order valence-corrected chi connectivity index (χ3v) is 4.12. The summed E-state index contributed by atoms with van der Waals surface area (Å²) in [6.45, 7) is 11.9. The molecule has 0 aliphatic carbocycles. The number of nitrogens with zero attached hydrogens (tertiary/aromatic N) is 2. The van der Waals surface area contributed by atoms with Crippen molar-refractivity contribution in [3.05, 3.63) is 30.0 Å². The van der Waals surface area contributed by atoms with Crippen molar-refractivity contribution >= 4 is 16.6 Å². The Bertz CT molecular complexity index is 700. The lowest BCUT2D eigenvalue weighted by Crippen LogP contribution is -2.31. The van der Waals surface area contributed by atoms with E-state index in [1.807, 2.05) is 19.9 Å². The van der Waals surface area contributed by atoms with Gasteiger partial charge in [-0.3, -0.25) is 4.90 Å². The normalized spacial score (nSPS) is 16.3. The summed E-state index contributed by atoms with van der Waals surface area (Å²) in [4.78, 5) is 10.6. The van der Waals surface area contributed by atoms with Crippen molar-refractivity contribution in [2.75, 3.05) is 19.6 Å². The fourth-order valence-corrected chi connectivity index (χ4v) is 3.17. The Kier molecular flexibility index (Phi) is 4.71. The topological polar surface area (TPSA) is 41.2 Å². The molecule has 2 aromatic heterocycles. The van der Waals surface area contributed by atoms with Gasteiger partial charge >= 0.3 is 0 Å². The zero-order chi connectivity index (χ0) is 16.4. The lowest BCUT2D eigenvalue weighted by Gasteiger charge is -2.27. The summed E-state index contributed by atoms with van der Waals surface area (Å²) < 4.78 is 5.74. The van der Waals surface area contributed by atoms with E-state index in [1.54, 1.807) is 0 Å². The predicted octanol–water partition coefficient (Wildman–Crippen LogP) is 4.10. The highest BCUT2D eigenvalue weighted by molar-refractivity contribution is 5.90. The van der Waals surface area contributed by atoms with Crippen LogP contribution in [0, 0.1) is 5.92 Å². The maximum atomic E-state index is 5.74. The van der Waals surface area contributed by atoms with Crippen LogP contribution >= 0.6 is 0 Å². The van der Waals surface area contributed by atoms with E-state index in [1.165, 1.54) is 17.7 Å². The predicted molar refractivity (Wildman–Crippen MR) is 95.7 cm³/mol. The number of ether oxygens (including phenoxy) is 1. The molecule has 1 N–H and O–H groups in total. The van der Waals surface area contributed by atoms with Crippen LogP contribution < -0.4 is 4.74 Å². The first-order valence-corrected chi connectivity index (χ1v) is 8.59. The van der Waals surface area contributed by atoms with E-state index in [0.717, 1.165) is 36.5 Å². The molecule has 0 bridgehead atoms. The molecule has 3 rings (SSSR count). The van der Waals surface area contributed by atoms with Gasteiger partial charge in [0.15, 0.2) is 0 Å². The molecule has 0 radical (unpaired) electrons. The third-order valence-electron chi connectivity index (χ3n) is 4.12. The molecule has 4 heteroatoms. The van der Waals surface area contributed by atoms with Crippen LogP contribution in [0.5, 0.6) is 5.88 Å². The SMILES string of the molecule is CC(C)CN1CC=C(c2c[nH]c3ccc(OC(C)C)nc23)CC1. The second-order valence-electron chi connectivity index (χ2n) is 7.05. The first-order chi connectivity index (χ1) is 11.0. The Balaban J connectivity index is 1.84. The first kappa shape index (κ1) is 16.1. The smallest absolute Gasteiger partial charge is 0.214 e. The standard InChI is InChI=1S/C19H27N3O/c1-13(2)12-22-9-7-15(8-10-22)16-11-20-17-5-6-18(21-19(16)17)23-14(3)4/h5-7,11,13-14,20H,8-10,12H2,1-4H3. The van der Waals surface area contributed by atoms with E-state index in [9.17, 15) is 0 Å². The highest BCUT2D eigenvalue weighted by Crippen LogP contribution is 2.29. The van der Waals surface area contributed by atoms with Gasteiger partial charge in [-0.05, 0) is 37.8 Å². The fraction of sp³-hybridized carbons (Fsp3) is 0.526. The Morgan fingerprint density at radius 1 is 1.26 bits per heavy atom. The van der Waals surface area contributed by atoms with Crippen molar-refractivity contribution in [3.8, 4) is 5.88 Å². The lowest BCUT2D eigenvalue weighted by molar-refractivity contribution is 0.233. The van der Waals surface area contributed by atoms with Gasteiger partial charge in [0.05, 0.1) is 17.1 Å². The second-order valence-corrected chi connectivity index (χ2v) is 7.05. The van der Waals surface area contributed by atoms with Gasteiger partial charge in [0.2, 0.25) is 5.88 Å². The molecular weight excluding hydrogens is 286 g/mol. The quantitative estimate of drug-likeness (QED) is 0.903. The van der Waals surface area contributed by atoms with Gasteiger partial charge in [0.25, 0.3) is 0 Å². The molecule has 23 heavy (non-hydrogen) atoms. The van der Waals surface area contributed by atoms with Crippen LogP contribution in [-0.4, -0.2) is 40.6 Å². The third kappa shape index (κ3) is 3.75. The lowest BCUT2D eigenvalue weighted by atomic mass is 10.0. The zero-order valence-corrected chi connectivity index (χ0v) is 14.6. The van der Waals surface area contributed by atoms with Gasteiger partial charge in [-0.15, -0.1) is 0 Å². The molecule has 0 amide bonds. The van der Waals surface area contributed by atoms with Crippen LogP contribution in [0.15, 0.2) is 24.4 Å². The largest absolute Gasteiger partial charge is 0.475 e. The highest BCUT2D eigenvalue weighted by atomic mass is 16.5. The number of nitrogens with one attached hydrogen (secondary N) is 1. The molecule has 1 aliphatic heterocycles. The summed E-state index contributed by atoms with van der Waals surface area (Å²) in [5.74, 6) is 1.42. The monoisotopic (exact) mass is 313 g/mol. The van der Waals surface area contributed by atoms with Gasteiger partial charge in [-0.2, -0.15) is 0 Å². The molecule has 124 valence electrons. The van der Waals surface area contributed by atoms with E-state index < -0.39 is 0 Å². The second kappa shape index (κ2) is 6.75. The molecule has 0 unspecified atom stereocenters. The molecule has 0 saturated carbocycles. The number of aromatic nitrogens is 2. The van der Waals surface area contributed by atoms with Crippen molar-refractivity contribution in [1.82, 2.24) is 14.9 Å². The summed E-state index contributed by atoms with van der Waals surface area (Å²) in [5.41, 5.74) is 4.71. The molecule has 0 atom stereocenters. The molecule has 3 heterocycles. The van der Waals surface area contributed by atoms with Gasteiger partial charge in [-0.25, -0.2) is 4.98 Å². The van der Waals surface area contributed by atoms with E-state index in [4.69, 9.17) is 9.72 Å². The number of rotatable bonds is 5. The number of H-pyrrole nitrogens is 1. The molecule has 2 aromatic rings. The average Bonchev–Trinajstić information content (AvgIpc) is 2.90. The Morgan fingerprint density at radius 2 is 2.09 bits per heavy atom. The van der Waals surface area contributed by atoms with Crippen molar-refractivity contribution < 1.29 is 4.74 Å². The Hall–Kier alpha value is -1.81. The molecule has 0 spiro atoms. The summed E-state index contributed by atoms with van der Waals surface area (Å²) in [6.07, 6.45) is 5.66. The number of aromatic amines is 1. The number of pyridine rings is 1. The van der Waals surface area contributed by atoms with E-state index in [-0.39, 0.29) is 6.10 Å². The van der Waals surface area contributed by atoms with Crippen LogP contribution in [0.2, 0.25) is 0 Å².